The van der Waals surface area contributed by atoms with Crippen LogP contribution in [-0.4, -0.2) is 22.7 Å². The van der Waals surface area contributed by atoms with Crippen molar-refractivity contribution in [3.05, 3.63) is 23.8 Å². The van der Waals surface area contributed by atoms with Crippen molar-refractivity contribution < 1.29 is 4.39 Å². The zero-order valence-electron chi connectivity index (χ0n) is 8.98. The van der Waals surface area contributed by atoms with Gasteiger partial charge in [0.1, 0.15) is 7.85 Å². The Morgan fingerprint density at radius 2 is 2.29 bits per heavy atom. The van der Waals surface area contributed by atoms with Crippen molar-refractivity contribution in [2.45, 2.75) is 23.6 Å². The number of hydrogen-bond donors (Lipinski definition) is 1. The monoisotopic (exact) mass is 245 g/mol. The molecule has 3 aliphatic rings. The third-order valence-corrected chi connectivity index (χ3v) is 5.52. The molecule has 1 aliphatic heterocycles. The smallest absolute Gasteiger partial charge is 0.218 e. The number of nitrogens with zero attached hydrogens (tertiary/aromatic N) is 2. The summed E-state index contributed by atoms with van der Waals surface area (Å²) in [5.74, 6) is -0.477. The zero-order chi connectivity index (χ0) is 11.8. The van der Waals surface area contributed by atoms with Crippen LogP contribution in [0.3, 0.4) is 0 Å². The van der Waals surface area contributed by atoms with Crippen molar-refractivity contribution in [3.63, 3.8) is 0 Å². The molecule has 84 valence electrons. The molecule has 1 atom stereocenters. The molecule has 3 nitrogen and oxygen atoms in total. The average molecular weight is 245 g/mol. The summed E-state index contributed by atoms with van der Waals surface area (Å²) in [6.45, 7) is 0. The van der Waals surface area contributed by atoms with E-state index in [4.69, 9.17) is 13.6 Å². The number of aromatic nitrogens is 1. The number of amidine groups is 1. The summed E-state index contributed by atoms with van der Waals surface area (Å²) in [6.07, 6.45) is 3.48. The summed E-state index contributed by atoms with van der Waals surface area (Å²) < 4.78 is 14.0. The highest BCUT2D eigenvalue weighted by Crippen LogP contribution is 2.91. The van der Waals surface area contributed by atoms with Gasteiger partial charge in [-0.1, -0.05) is 23.3 Å². The van der Waals surface area contributed by atoms with E-state index >= 15 is 0 Å². The molecular weight excluding hydrogens is 236 g/mol. The van der Waals surface area contributed by atoms with Gasteiger partial charge in [-0.05, 0) is 12.8 Å². The topological polar surface area (TPSA) is 51.3 Å². The van der Waals surface area contributed by atoms with Crippen LogP contribution in [0.2, 0.25) is 0 Å². The quantitative estimate of drug-likeness (QED) is 0.583. The molecule has 1 aromatic heterocycles. The SMILES string of the molecule is [B]c1cnc(F)c(C2N=C(N)SC34CC23C4)c1. The summed E-state index contributed by atoms with van der Waals surface area (Å²) in [5, 5.41) is 0.558. The van der Waals surface area contributed by atoms with Crippen LogP contribution in [-0.2, 0) is 0 Å². The van der Waals surface area contributed by atoms with Gasteiger partial charge in [0.2, 0.25) is 5.95 Å². The van der Waals surface area contributed by atoms with E-state index in [1.165, 1.54) is 6.20 Å². The largest absolute Gasteiger partial charge is 0.379 e. The van der Waals surface area contributed by atoms with E-state index in [1.807, 2.05) is 0 Å². The van der Waals surface area contributed by atoms with E-state index in [0.717, 1.165) is 12.8 Å². The highest BCUT2D eigenvalue weighted by Gasteiger charge is 2.88. The van der Waals surface area contributed by atoms with Crippen LogP contribution < -0.4 is 11.2 Å². The second kappa shape index (κ2) is 2.69. The highest BCUT2D eigenvalue weighted by atomic mass is 32.2. The fourth-order valence-corrected chi connectivity index (χ4v) is 4.55. The van der Waals surface area contributed by atoms with Crippen LogP contribution in [0.1, 0.15) is 24.4 Å². The van der Waals surface area contributed by atoms with Gasteiger partial charge >= 0.3 is 0 Å². The Hall–Kier alpha value is -1.04. The Morgan fingerprint density at radius 3 is 3.06 bits per heavy atom. The van der Waals surface area contributed by atoms with Gasteiger partial charge in [0.15, 0.2) is 5.17 Å². The molecular formula is C11H9BFN3S. The Kier molecular flexibility index (Phi) is 1.57. The fraction of sp³-hybridized carbons (Fsp3) is 0.455. The Morgan fingerprint density at radius 1 is 1.53 bits per heavy atom. The molecule has 2 saturated carbocycles. The van der Waals surface area contributed by atoms with Gasteiger partial charge in [-0.15, -0.1) is 0 Å². The fourth-order valence-electron chi connectivity index (χ4n) is 3.01. The predicted octanol–water partition coefficient (Wildman–Crippen LogP) is 0.650. The first-order valence-corrected chi connectivity index (χ1v) is 6.31. The van der Waals surface area contributed by atoms with E-state index in [9.17, 15) is 4.39 Å². The summed E-state index contributed by atoms with van der Waals surface area (Å²) in [7, 11) is 5.67. The zero-order valence-corrected chi connectivity index (χ0v) is 9.80. The number of nitrogens with two attached hydrogens (primary N) is 1. The number of hydrogen-bond acceptors (Lipinski definition) is 4. The lowest BCUT2D eigenvalue weighted by Gasteiger charge is -2.19. The molecule has 1 unspecified atom stereocenters. The molecule has 0 spiro atoms. The number of thioether (sulfide) groups is 1. The van der Waals surface area contributed by atoms with Crippen molar-refractivity contribution in [1.82, 2.24) is 4.98 Å². The lowest BCUT2D eigenvalue weighted by molar-refractivity contribution is 0.475. The number of aliphatic imine (C=N–C) groups is 1. The molecule has 2 fully saturated rings. The predicted molar refractivity (Wildman–Crippen MR) is 65.9 cm³/mol. The van der Waals surface area contributed by atoms with Gasteiger partial charge in [0.25, 0.3) is 0 Å². The van der Waals surface area contributed by atoms with E-state index in [1.54, 1.807) is 17.8 Å². The number of pyridine rings is 1. The lowest BCUT2D eigenvalue weighted by Crippen LogP contribution is -2.19. The van der Waals surface area contributed by atoms with Crippen LogP contribution in [0, 0.1) is 11.4 Å². The molecule has 0 amide bonds. The molecule has 0 bridgehead atoms. The number of rotatable bonds is 1. The Balaban J connectivity index is 1.84. The molecule has 2 heterocycles. The minimum absolute atomic E-state index is 0.136. The summed E-state index contributed by atoms with van der Waals surface area (Å²) >= 11 is 1.64. The molecule has 2 radical (unpaired) electrons. The first-order chi connectivity index (χ1) is 8.06. The van der Waals surface area contributed by atoms with Crippen molar-refractivity contribution in [2.75, 3.05) is 0 Å². The van der Waals surface area contributed by atoms with E-state index in [0.29, 0.717) is 16.2 Å². The minimum atomic E-state index is -0.477. The second-order valence-electron chi connectivity index (χ2n) is 5.12. The van der Waals surface area contributed by atoms with Crippen molar-refractivity contribution in [2.24, 2.45) is 16.1 Å². The first kappa shape index (κ1) is 9.94. The third kappa shape index (κ3) is 1.09. The van der Waals surface area contributed by atoms with Gasteiger partial charge in [0.05, 0.1) is 6.04 Å². The maximum absolute atomic E-state index is 13.8. The van der Waals surface area contributed by atoms with Crippen molar-refractivity contribution in [3.8, 4) is 0 Å². The molecule has 6 heteroatoms. The molecule has 2 aliphatic carbocycles. The van der Waals surface area contributed by atoms with Crippen LogP contribution in [0.15, 0.2) is 17.3 Å². The van der Waals surface area contributed by atoms with E-state index in [2.05, 4.69) is 9.98 Å². The lowest BCUT2D eigenvalue weighted by atomic mass is 9.91. The summed E-state index contributed by atoms with van der Waals surface area (Å²) in [5.41, 5.74) is 6.91. The third-order valence-electron chi connectivity index (χ3n) is 4.12. The first-order valence-electron chi connectivity index (χ1n) is 5.50. The highest BCUT2D eigenvalue weighted by molar-refractivity contribution is 8.15. The van der Waals surface area contributed by atoms with Gasteiger partial charge in [0, 0.05) is 21.9 Å². The number of halogens is 1. The maximum atomic E-state index is 13.8. The van der Waals surface area contributed by atoms with Gasteiger partial charge in [-0.2, -0.15) is 4.39 Å². The second-order valence-corrected chi connectivity index (χ2v) is 6.53. The molecule has 0 aromatic carbocycles. The summed E-state index contributed by atoms with van der Waals surface area (Å²) in [4.78, 5) is 8.08. The molecule has 0 saturated heterocycles. The average Bonchev–Trinajstić information content (AvgIpc) is 3.06. The molecule has 1 aromatic rings. The summed E-state index contributed by atoms with van der Waals surface area (Å²) in [6, 6.07) is 1.44. The normalized spacial score (nSPS) is 41.2. The van der Waals surface area contributed by atoms with Crippen molar-refractivity contribution >= 4 is 30.2 Å². The minimum Gasteiger partial charge on any atom is -0.379 e. The van der Waals surface area contributed by atoms with Gasteiger partial charge < -0.3 is 5.73 Å². The van der Waals surface area contributed by atoms with Gasteiger partial charge in [-0.25, -0.2) is 4.98 Å². The van der Waals surface area contributed by atoms with Crippen LogP contribution in [0.4, 0.5) is 4.39 Å². The maximum Gasteiger partial charge on any atom is 0.218 e. The van der Waals surface area contributed by atoms with E-state index in [-0.39, 0.29) is 16.2 Å². The van der Waals surface area contributed by atoms with Gasteiger partial charge in [-0.3, -0.25) is 4.99 Å². The Bertz CT molecular complexity index is 568. The van der Waals surface area contributed by atoms with Crippen LogP contribution >= 0.6 is 11.8 Å². The Labute approximate surface area is 103 Å². The van der Waals surface area contributed by atoms with Crippen molar-refractivity contribution in [1.29, 1.82) is 0 Å². The molecule has 4 rings (SSSR count). The molecule has 17 heavy (non-hydrogen) atoms. The van der Waals surface area contributed by atoms with E-state index < -0.39 is 5.95 Å². The van der Waals surface area contributed by atoms with Crippen LogP contribution in [0.25, 0.3) is 0 Å². The van der Waals surface area contributed by atoms with Crippen LogP contribution in [0.5, 0.6) is 0 Å². The standard InChI is InChI=1S/C11H9BFN3S/c12-5-1-6(8(13)15-2-5)7-10-3-11(10,4-10)17-9(14)16-7/h1-2,7H,3-4H2,(H2,14,16). The molecule has 2 N–H and O–H groups in total.